The van der Waals surface area contributed by atoms with Crippen molar-refractivity contribution in [1.82, 2.24) is 9.21 Å². The van der Waals surface area contributed by atoms with Crippen molar-refractivity contribution >= 4 is 21.9 Å². The standard InChI is InChI=1S/C22H28N4O5S/c23-12-4-14-25(15-5-13-24)21(27)18-31-22(28)11-8-19-6-9-20(10-7-19)32(29,30)26-16-2-1-3-17-26/h6-7,9-10H,1-5,8,11,14-18H2. The van der Waals surface area contributed by atoms with Crippen LogP contribution in [0.15, 0.2) is 29.2 Å². The van der Waals surface area contributed by atoms with Gasteiger partial charge in [-0.1, -0.05) is 18.6 Å². The highest BCUT2D eigenvalue weighted by Gasteiger charge is 2.25. The molecule has 10 heteroatoms. The lowest BCUT2D eigenvalue weighted by Crippen LogP contribution is -2.36. The molecule has 1 saturated heterocycles. The molecule has 1 fully saturated rings. The van der Waals surface area contributed by atoms with Crippen molar-refractivity contribution in [2.75, 3.05) is 32.8 Å². The molecule has 1 aliphatic heterocycles. The van der Waals surface area contributed by atoms with Crippen molar-refractivity contribution < 1.29 is 22.7 Å². The number of piperidine rings is 1. The lowest BCUT2D eigenvalue weighted by atomic mass is 10.1. The van der Waals surface area contributed by atoms with E-state index >= 15 is 0 Å². The van der Waals surface area contributed by atoms with Crippen LogP contribution in [0.1, 0.15) is 44.1 Å². The van der Waals surface area contributed by atoms with Crippen LogP contribution in [0.5, 0.6) is 0 Å². The average molecular weight is 461 g/mol. The van der Waals surface area contributed by atoms with Crippen molar-refractivity contribution in [3.05, 3.63) is 29.8 Å². The third kappa shape index (κ3) is 7.63. The maximum absolute atomic E-state index is 12.7. The Hall–Kier alpha value is -2.95. The number of esters is 1. The lowest BCUT2D eigenvalue weighted by molar-refractivity contribution is -0.152. The van der Waals surface area contributed by atoms with Crippen LogP contribution in [0, 0.1) is 22.7 Å². The Balaban J connectivity index is 1.82. The SMILES string of the molecule is N#CCCN(CCC#N)C(=O)COC(=O)CCc1ccc(S(=O)(=O)N2CCCCC2)cc1. The Morgan fingerprint density at radius 2 is 1.59 bits per heavy atom. The number of ether oxygens (including phenoxy) is 1. The summed E-state index contributed by atoms with van der Waals surface area (Å²) in [7, 11) is -3.49. The van der Waals surface area contributed by atoms with Gasteiger partial charge in [0.2, 0.25) is 10.0 Å². The van der Waals surface area contributed by atoms with E-state index in [2.05, 4.69) is 0 Å². The molecule has 1 heterocycles. The number of hydrogen-bond donors (Lipinski definition) is 0. The molecule has 1 aliphatic rings. The summed E-state index contributed by atoms with van der Waals surface area (Å²) in [5.41, 5.74) is 0.788. The van der Waals surface area contributed by atoms with Gasteiger partial charge in [-0.05, 0) is 37.0 Å². The summed E-state index contributed by atoms with van der Waals surface area (Å²) in [6, 6.07) is 10.3. The van der Waals surface area contributed by atoms with Crippen LogP contribution >= 0.6 is 0 Å². The second-order valence-electron chi connectivity index (χ2n) is 7.47. The molecule has 0 saturated carbocycles. The fraction of sp³-hybridized carbons (Fsp3) is 0.545. The van der Waals surface area contributed by atoms with Crippen LogP contribution in [0.3, 0.4) is 0 Å². The van der Waals surface area contributed by atoms with E-state index in [1.807, 2.05) is 12.1 Å². The van der Waals surface area contributed by atoms with Crippen LogP contribution in [-0.2, 0) is 30.8 Å². The van der Waals surface area contributed by atoms with Crippen LogP contribution in [0.25, 0.3) is 0 Å². The first-order valence-corrected chi connectivity index (χ1v) is 12.1. The molecule has 0 aliphatic carbocycles. The maximum atomic E-state index is 12.7. The van der Waals surface area contributed by atoms with Gasteiger partial charge in [-0.3, -0.25) is 9.59 Å². The van der Waals surface area contributed by atoms with E-state index in [-0.39, 0.29) is 37.2 Å². The molecule has 9 nitrogen and oxygen atoms in total. The number of carbonyl (C=O) groups is 2. The summed E-state index contributed by atoms with van der Waals surface area (Å²) in [6.07, 6.45) is 3.45. The first-order chi connectivity index (χ1) is 15.4. The van der Waals surface area contributed by atoms with Crippen molar-refractivity contribution in [2.45, 2.75) is 49.8 Å². The van der Waals surface area contributed by atoms with Crippen molar-refractivity contribution in [2.24, 2.45) is 0 Å². The highest BCUT2D eigenvalue weighted by atomic mass is 32.2. The summed E-state index contributed by atoms with van der Waals surface area (Å²) in [4.78, 5) is 25.7. The number of hydrogen-bond acceptors (Lipinski definition) is 7. The van der Waals surface area contributed by atoms with Gasteiger partial charge in [-0.2, -0.15) is 14.8 Å². The monoisotopic (exact) mass is 460 g/mol. The van der Waals surface area contributed by atoms with Crippen LogP contribution < -0.4 is 0 Å². The van der Waals surface area contributed by atoms with Gasteiger partial charge in [0.15, 0.2) is 6.61 Å². The van der Waals surface area contributed by atoms with Crippen LogP contribution in [0.2, 0.25) is 0 Å². The third-order valence-electron chi connectivity index (χ3n) is 5.19. The number of sulfonamides is 1. The number of amides is 1. The van der Waals surface area contributed by atoms with Crippen molar-refractivity contribution in [3.63, 3.8) is 0 Å². The van der Waals surface area contributed by atoms with Gasteiger partial charge in [-0.15, -0.1) is 0 Å². The van der Waals surface area contributed by atoms with E-state index in [1.54, 1.807) is 24.3 Å². The van der Waals surface area contributed by atoms with Gasteiger partial charge in [0.25, 0.3) is 5.91 Å². The van der Waals surface area contributed by atoms with E-state index in [9.17, 15) is 18.0 Å². The molecule has 0 unspecified atom stereocenters. The number of nitrogens with zero attached hydrogens (tertiary/aromatic N) is 4. The summed E-state index contributed by atoms with van der Waals surface area (Å²) < 4.78 is 31.9. The first-order valence-electron chi connectivity index (χ1n) is 10.6. The fourth-order valence-corrected chi connectivity index (χ4v) is 4.88. The average Bonchev–Trinajstić information content (AvgIpc) is 2.82. The number of aryl methyl sites for hydroxylation is 1. The zero-order chi connectivity index (χ0) is 23.4. The Morgan fingerprint density at radius 1 is 1.00 bits per heavy atom. The largest absolute Gasteiger partial charge is 0.456 e. The normalized spacial score (nSPS) is 14.2. The highest BCUT2D eigenvalue weighted by molar-refractivity contribution is 7.89. The molecule has 1 aromatic rings. The number of benzene rings is 1. The molecular weight excluding hydrogens is 432 g/mol. The fourth-order valence-electron chi connectivity index (χ4n) is 3.37. The first kappa shape index (κ1) is 25.3. The van der Waals surface area contributed by atoms with Crippen molar-refractivity contribution in [1.29, 1.82) is 10.5 Å². The molecule has 0 N–H and O–H groups in total. The van der Waals surface area contributed by atoms with Gasteiger partial charge < -0.3 is 9.64 Å². The Bertz CT molecular complexity index is 940. The predicted octanol–water partition coefficient (Wildman–Crippen LogP) is 1.99. The molecule has 2 rings (SSSR count). The van der Waals surface area contributed by atoms with Crippen molar-refractivity contribution in [3.8, 4) is 12.1 Å². The maximum Gasteiger partial charge on any atom is 0.306 e. The smallest absolute Gasteiger partial charge is 0.306 e. The van der Waals surface area contributed by atoms with Gasteiger partial charge in [-0.25, -0.2) is 8.42 Å². The van der Waals surface area contributed by atoms with Gasteiger partial charge >= 0.3 is 5.97 Å². The molecular formula is C22H28N4O5S. The quantitative estimate of drug-likeness (QED) is 0.461. The number of rotatable bonds is 11. The van der Waals surface area contributed by atoms with E-state index in [4.69, 9.17) is 15.3 Å². The highest BCUT2D eigenvalue weighted by Crippen LogP contribution is 2.21. The van der Waals surface area contributed by atoms with E-state index in [0.717, 1.165) is 24.8 Å². The van der Waals surface area contributed by atoms with Crippen LogP contribution in [-0.4, -0.2) is 62.3 Å². The molecule has 0 aromatic heterocycles. The molecule has 0 radical (unpaired) electrons. The molecule has 32 heavy (non-hydrogen) atoms. The summed E-state index contributed by atoms with van der Waals surface area (Å²) >= 11 is 0. The van der Waals surface area contributed by atoms with E-state index in [1.165, 1.54) is 9.21 Å². The predicted molar refractivity (Wildman–Crippen MR) is 115 cm³/mol. The summed E-state index contributed by atoms with van der Waals surface area (Å²) in [6.45, 7) is 1.00. The molecule has 0 atom stereocenters. The zero-order valence-corrected chi connectivity index (χ0v) is 18.8. The minimum Gasteiger partial charge on any atom is -0.456 e. The van der Waals surface area contributed by atoms with Gasteiger partial charge in [0.1, 0.15) is 0 Å². The third-order valence-corrected chi connectivity index (χ3v) is 7.10. The second kappa shape index (κ2) is 12.8. The summed E-state index contributed by atoms with van der Waals surface area (Å²) in [5.74, 6) is -1.000. The zero-order valence-electron chi connectivity index (χ0n) is 18.0. The van der Waals surface area contributed by atoms with Crippen LogP contribution in [0.4, 0.5) is 0 Å². The minimum atomic E-state index is -3.49. The molecule has 1 amide bonds. The van der Waals surface area contributed by atoms with Gasteiger partial charge in [0, 0.05) is 32.6 Å². The Morgan fingerprint density at radius 3 is 2.16 bits per heavy atom. The Labute approximate surface area is 189 Å². The molecule has 172 valence electrons. The second-order valence-corrected chi connectivity index (χ2v) is 9.40. The Kier molecular flexibility index (Phi) is 10.1. The summed E-state index contributed by atoms with van der Waals surface area (Å²) in [5, 5.41) is 17.3. The van der Waals surface area contributed by atoms with E-state index in [0.29, 0.717) is 19.5 Å². The molecule has 0 bridgehead atoms. The number of carbonyl (C=O) groups excluding carboxylic acids is 2. The lowest BCUT2D eigenvalue weighted by Gasteiger charge is -2.25. The number of nitriles is 2. The topological polar surface area (TPSA) is 132 Å². The molecule has 1 aromatic carbocycles. The van der Waals surface area contributed by atoms with Gasteiger partial charge in [0.05, 0.1) is 29.9 Å². The van der Waals surface area contributed by atoms with E-state index < -0.39 is 28.5 Å². The minimum absolute atomic E-state index is 0.0435. The molecule has 0 spiro atoms.